The second-order valence-electron chi connectivity index (χ2n) is 11.9. The molecule has 7 nitrogen and oxygen atoms in total. The molecule has 240 valence electrons. The van der Waals surface area contributed by atoms with E-state index in [0.29, 0.717) is 11.3 Å². The highest BCUT2D eigenvalue weighted by atomic mass is 32.2. The molecule has 1 N–H and O–H groups in total. The van der Waals surface area contributed by atoms with Gasteiger partial charge in [-0.2, -0.15) is 0 Å². The van der Waals surface area contributed by atoms with Gasteiger partial charge in [-0.1, -0.05) is 97.6 Å². The number of halogens is 1. The number of benzene rings is 4. The van der Waals surface area contributed by atoms with Crippen LogP contribution in [0.2, 0.25) is 0 Å². The predicted octanol–water partition coefficient (Wildman–Crippen LogP) is 6.42. The highest BCUT2D eigenvalue weighted by Crippen LogP contribution is 2.26. The van der Waals surface area contributed by atoms with Gasteiger partial charge in [-0.15, -0.1) is 0 Å². The number of sulfonamides is 1. The average molecular weight is 642 g/mol. The number of hydrogen-bond acceptors (Lipinski definition) is 4. The van der Waals surface area contributed by atoms with Crippen molar-refractivity contribution < 1.29 is 22.4 Å². The van der Waals surface area contributed by atoms with Gasteiger partial charge in [0.2, 0.25) is 11.8 Å². The predicted molar refractivity (Wildman–Crippen MR) is 178 cm³/mol. The van der Waals surface area contributed by atoms with E-state index in [-0.39, 0.29) is 29.8 Å². The zero-order valence-corrected chi connectivity index (χ0v) is 26.8. The molecule has 5 rings (SSSR count). The Kier molecular flexibility index (Phi) is 10.9. The first-order chi connectivity index (χ1) is 22.2. The fraction of sp³-hybridized carbons (Fsp3) is 0.297. The van der Waals surface area contributed by atoms with Gasteiger partial charge in [-0.25, -0.2) is 12.8 Å². The normalized spacial score (nSPS) is 14.3. The molecule has 0 radical (unpaired) electrons. The molecule has 9 heteroatoms. The Balaban J connectivity index is 1.55. The van der Waals surface area contributed by atoms with Gasteiger partial charge in [0.1, 0.15) is 18.4 Å². The Bertz CT molecular complexity index is 1690. The van der Waals surface area contributed by atoms with Gasteiger partial charge in [-0.05, 0) is 67.3 Å². The second kappa shape index (κ2) is 15.2. The molecule has 0 unspecified atom stereocenters. The molecule has 0 bridgehead atoms. The molecule has 46 heavy (non-hydrogen) atoms. The van der Waals surface area contributed by atoms with Gasteiger partial charge in [0.05, 0.1) is 10.6 Å². The number of carbonyl (C=O) groups excluding carboxylic acids is 2. The number of nitrogens with zero attached hydrogens (tertiary/aromatic N) is 2. The highest BCUT2D eigenvalue weighted by molar-refractivity contribution is 7.92. The van der Waals surface area contributed by atoms with E-state index in [1.165, 1.54) is 29.2 Å². The maximum Gasteiger partial charge on any atom is 0.264 e. The lowest BCUT2D eigenvalue weighted by Crippen LogP contribution is -2.55. The van der Waals surface area contributed by atoms with Crippen molar-refractivity contribution in [1.29, 1.82) is 0 Å². The van der Waals surface area contributed by atoms with Gasteiger partial charge in [0, 0.05) is 19.0 Å². The van der Waals surface area contributed by atoms with Gasteiger partial charge >= 0.3 is 0 Å². The smallest absolute Gasteiger partial charge is 0.264 e. The molecular formula is C37H40FN3O4S. The van der Waals surface area contributed by atoms with Crippen molar-refractivity contribution in [2.24, 2.45) is 0 Å². The lowest BCUT2D eigenvalue weighted by Gasteiger charge is -2.35. The van der Waals surface area contributed by atoms with Crippen LogP contribution in [-0.4, -0.2) is 43.8 Å². The Morgan fingerprint density at radius 3 is 2.04 bits per heavy atom. The van der Waals surface area contributed by atoms with Crippen molar-refractivity contribution in [3.8, 4) is 0 Å². The highest BCUT2D eigenvalue weighted by Gasteiger charge is 2.35. The minimum absolute atomic E-state index is 0.00446. The molecule has 0 aliphatic heterocycles. The SMILES string of the molecule is Cc1ccc(N(CC(=O)N(Cc2ccc(F)cc2)[C@@H](Cc2ccccc2)C(=O)NC2CCCCC2)S(=O)(=O)c2ccccc2)cc1. The van der Waals surface area contributed by atoms with Crippen molar-refractivity contribution in [3.05, 3.63) is 132 Å². The monoisotopic (exact) mass is 641 g/mol. The lowest BCUT2D eigenvalue weighted by molar-refractivity contribution is -0.140. The van der Waals surface area contributed by atoms with Crippen LogP contribution in [0, 0.1) is 12.7 Å². The Morgan fingerprint density at radius 2 is 1.41 bits per heavy atom. The summed E-state index contributed by atoms with van der Waals surface area (Å²) >= 11 is 0. The van der Waals surface area contributed by atoms with Gasteiger partial charge < -0.3 is 10.2 Å². The third-order valence-corrected chi connectivity index (χ3v) is 10.2. The first-order valence-corrected chi connectivity index (χ1v) is 17.2. The van der Waals surface area contributed by atoms with Crippen LogP contribution in [-0.2, 0) is 32.6 Å². The van der Waals surface area contributed by atoms with Crippen LogP contribution in [0.1, 0.15) is 48.8 Å². The van der Waals surface area contributed by atoms with Crippen molar-refractivity contribution in [2.75, 3.05) is 10.8 Å². The Hall–Kier alpha value is -4.50. The summed E-state index contributed by atoms with van der Waals surface area (Å²) in [5.74, 6) is -1.26. The molecule has 0 saturated heterocycles. The third-order valence-electron chi connectivity index (χ3n) is 8.42. The molecule has 1 fully saturated rings. The van der Waals surface area contributed by atoms with Crippen LogP contribution in [0.3, 0.4) is 0 Å². The number of amides is 2. The topological polar surface area (TPSA) is 86.8 Å². The summed E-state index contributed by atoms with van der Waals surface area (Å²) in [5, 5.41) is 3.19. The molecule has 1 aliphatic carbocycles. The summed E-state index contributed by atoms with van der Waals surface area (Å²) in [6.07, 6.45) is 5.13. The summed E-state index contributed by atoms with van der Waals surface area (Å²) in [6, 6.07) is 29.2. The van der Waals surface area contributed by atoms with Gasteiger partial charge in [0.15, 0.2) is 0 Å². The molecule has 0 spiro atoms. The number of hydrogen-bond donors (Lipinski definition) is 1. The molecule has 4 aromatic carbocycles. The van der Waals surface area contributed by atoms with E-state index in [1.807, 2.05) is 37.3 Å². The molecule has 0 aromatic heterocycles. The number of aryl methyl sites for hydroxylation is 1. The van der Waals surface area contributed by atoms with E-state index in [0.717, 1.165) is 47.5 Å². The number of anilines is 1. The van der Waals surface area contributed by atoms with E-state index in [4.69, 9.17) is 0 Å². The molecule has 0 heterocycles. The fourth-order valence-corrected chi connectivity index (χ4v) is 7.28. The van der Waals surface area contributed by atoms with Crippen LogP contribution in [0.15, 0.2) is 114 Å². The maximum atomic E-state index is 14.5. The average Bonchev–Trinajstić information content (AvgIpc) is 3.07. The standard InChI is InChI=1S/C37H40FN3O4S/c1-28-17-23-33(24-18-28)41(46(44,45)34-15-9-4-10-16-34)27-36(42)40(26-30-19-21-31(38)22-20-30)35(25-29-11-5-2-6-12-29)37(43)39-32-13-7-3-8-14-32/h2,4-6,9-12,15-24,32,35H,3,7-8,13-14,25-27H2,1H3,(H,39,43)/t35-/m0/s1. The van der Waals surface area contributed by atoms with Crippen LogP contribution >= 0.6 is 0 Å². The van der Waals surface area contributed by atoms with Gasteiger partial charge in [0.25, 0.3) is 10.0 Å². The second-order valence-corrected chi connectivity index (χ2v) is 13.7. The van der Waals surface area contributed by atoms with E-state index in [1.54, 1.807) is 54.6 Å². The summed E-state index contributed by atoms with van der Waals surface area (Å²) in [5.41, 5.74) is 2.74. The third kappa shape index (κ3) is 8.40. The Labute approximate surface area is 271 Å². The Morgan fingerprint density at radius 1 is 0.804 bits per heavy atom. The van der Waals surface area contributed by atoms with Crippen LogP contribution in [0.25, 0.3) is 0 Å². The van der Waals surface area contributed by atoms with Crippen LogP contribution in [0.4, 0.5) is 10.1 Å². The van der Waals surface area contributed by atoms with Crippen LogP contribution in [0.5, 0.6) is 0 Å². The number of carbonyl (C=O) groups is 2. The van der Waals surface area contributed by atoms with Crippen LogP contribution < -0.4 is 9.62 Å². The molecule has 1 aliphatic rings. The molecule has 1 saturated carbocycles. The first-order valence-electron chi connectivity index (χ1n) is 15.7. The zero-order valence-electron chi connectivity index (χ0n) is 26.0. The largest absolute Gasteiger partial charge is 0.352 e. The molecule has 2 amide bonds. The minimum atomic E-state index is -4.17. The first kappa shape index (κ1) is 32.9. The summed E-state index contributed by atoms with van der Waals surface area (Å²) in [4.78, 5) is 30.1. The van der Waals surface area contributed by atoms with Crippen molar-refractivity contribution in [2.45, 2.75) is 69.0 Å². The summed E-state index contributed by atoms with van der Waals surface area (Å²) < 4.78 is 43.1. The van der Waals surface area contributed by atoms with E-state index < -0.39 is 34.3 Å². The maximum absolute atomic E-state index is 14.5. The van der Waals surface area contributed by atoms with Crippen molar-refractivity contribution in [1.82, 2.24) is 10.2 Å². The van der Waals surface area contributed by atoms with Crippen molar-refractivity contribution in [3.63, 3.8) is 0 Å². The fourth-order valence-electron chi connectivity index (χ4n) is 5.84. The lowest BCUT2D eigenvalue weighted by atomic mass is 9.94. The number of nitrogens with one attached hydrogen (secondary N) is 1. The molecule has 4 aromatic rings. The minimum Gasteiger partial charge on any atom is -0.352 e. The van der Waals surface area contributed by atoms with E-state index >= 15 is 0 Å². The number of rotatable bonds is 12. The molecular weight excluding hydrogens is 601 g/mol. The summed E-state index contributed by atoms with van der Waals surface area (Å²) in [6.45, 7) is 1.35. The van der Waals surface area contributed by atoms with Crippen molar-refractivity contribution >= 4 is 27.5 Å². The van der Waals surface area contributed by atoms with E-state index in [2.05, 4.69) is 5.32 Å². The van der Waals surface area contributed by atoms with Gasteiger partial charge in [-0.3, -0.25) is 13.9 Å². The zero-order chi connectivity index (χ0) is 32.5. The van der Waals surface area contributed by atoms with E-state index in [9.17, 15) is 22.4 Å². The summed E-state index contributed by atoms with van der Waals surface area (Å²) in [7, 11) is -4.17. The molecule has 1 atom stereocenters. The quantitative estimate of drug-likeness (QED) is 0.194.